The molecule has 0 aromatic carbocycles. The largest absolute Gasteiger partial charge is 0.545 e. The van der Waals surface area contributed by atoms with Gasteiger partial charge in [0.15, 0.2) is 12.4 Å². The van der Waals surface area contributed by atoms with E-state index in [-0.39, 0.29) is 38.6 Å². The number of likely N-dealkylation sites (N-methyl/N-ethyl adjacent to an activating group) is 1. The zero-order valence-electron chi connectivity index (χ0n) is 43.3. The zero-order valence-corrected chi connectivity index (χ0v) is 43.3. The number of aliphatic carboxylic acids is 1. The molecule has 0 fully saturated rings. The fraction of sp³-hybridized carbons (Fsp3) is 0.772. The van der Waals surface area contributed by atoms with Gasteiger partial charge in [0, 0.05) is 12.8 Å². The molecule has 0 spiro atoms. The third kappa shape index (κ3) is 48.9. The Kier molecular flexibility index (Phi) is 46.2. The van der Waals surface area contributed by atoms with Gasteiger partial charge in [0.05, 0.1) is 40.3 Å². The Morgan fingerprint density at radius 2 is 0.864 bits per heavy atom. The van der Waals surface area contributed by atoms with Crippen LogP contribution in [0.4, 0.5) is 0 Å². The summed E-state index contributed by atoms with van der Waals surface area (Å²) in [6.07, 6.45) is 56.9. The quantitative estimate of drug-likeness (QED) is 0.0195. The summed E-state index contributed by atoms with van der Waals surface area (Å²) in [6, 6.07) is 0. The Labute approximate surface area is 405 Å². The van der Waals surface area contributed by atoms with E-state index in [0.29, 0.717) is 17.4 Å². The van der Waals surface area contributed by atoms with Gasteiger partial charge in [-0.3, -0.25) is 9.59 Å². The highest BCUT2D eigenvalue weighted by molar-refractivity contribution is 5.70. The number of carbonyl (C=O) groups is 3. The van der Waals surface area contributed by atoms with Crippen LogP contribution in [0.15, 0.2) is 60.8 Å². The standard InChI is InChI=1S/C57H101NO8/c1-6-8-10-12-14-16-18-20-22-24-26-27-28-30-31-33-35-37-39-41-43-45-47-54(59)64-51-53(52-65-57(56(61)62)63-50-49-58(3,4)5)66-55(60)48-46-44-42-40-38-36-34-32-29-25-23-21-19-17-15-13-11-9-7-2/h9,11,15,17,21,23,29,32,36,38,53,57H,6-8,10,12-14,16,18-20,22,24-28,30-31,33-35,37,39-52H2,1-5H3/b11-9-,17-15-,23-21-,32-29-,38-36-. The second-order valence-electron chi connectivity index (χ2n) is 19.1. The second-order valence-corrected chi connectivity index (χ2v) is 19.1. The molecule has 0 aromatic heterocycles. The van der Waals surface area contributed by atoms with Crippen molar-refractivity contribution >= 4 is 17.9 Å². The molecular weight excluding hydrogens is 827 g/mol. The number of esters is 2. The summed E-state index contributed by atoms with van der Waals surface area (Å²) in [5.74, 6) is -2.32. The minimum absolute atomic E-state index is 0.140. The molecule has 0 radical (unpaired) electrons. The lowest BCUT2D eigenvalue weighted by Crippen LogP contribution is -2.44. The van der Waals surface area contributed by atoms with E-state index in [2.05, 4.69) is 74.6 Å². The SMILES string of the molecule is CC/C=C\C/C=C\C/C=C\C/C=C\C/C=C\CCCCCC(=O)OC(COC(=O)CCCCCCCCCCCCCCCCCCCCCCCC)COC(OCC[N+](C)(C)C)C(=O)[O-]. The van der Waals surface area contributed by atoms with Crippen LogP contribution in [0.2, 0.25) is 0 Å². The topological polar surface area (TPSA) is 111 Å². The number of hydrogen-bond donors (Lipinski definition) is 0. The first-order chi connectivity index (χ1) is 32.1. The van der Waals surface area contributed by atoms with Crippen molar-refractivity contribution in [2.45, 2.75) is 238 Å². The Morgan fingerprint density at radius 3 is 1.29 bits per heavy atom. The monoisotopic (exact) mass is 928 g/mol. The Bertz CT molecular complexity index is 1270. The molecule has 2 unspecified atom stereocenters. The first kappa shape index (κ1) is 63.0. The van der Waals surface area contributed by atoms with Gasteiger partial charge in [-0.2, -0.15) is 0 Å². The molecule has 0 rings (SSSR count). The predicted molar refractivity (Wildman–Crippen MR) is 274 cm³/mol. The summed E-state index contributed by atoms with van der Waals surface area (Å²) in [5.41, 5.74) is 0. The van der Waals surface area contributed by atoms with E-state index in [1.165, 1.54) is 122 Å². The van der Waals surface area contributed by atoms with Gasteiger partial charge in [-0.1, -0.05) is 216 Å². The maximum atomic E-state index is 12.8. The number of ether oxygens (including phenoxy) is 4. The van der Waals surface area contributed by atoms with Crippen LogP contribution in [-0.2, 0) is 33.3 Å². The molecule has 66 heavy (non-hydrogen) atoms. The molecule has 0 amide bonds. The van der Waals surface area contributed by atoms with Gasteiger partial charge in [0.1, 0.15) is 13.2 Å². The molecule has 0 saturated heterocycles. The maximum absolute atomic E-state index is 12.8. The lowest BCUT2D eigenvalue weighted by Gasteiger charge is -2.26. The number of rotatable bonds is 49. The highest BCUT2D eigenvalue weighted by Gasteiger charge is 2.22. The van der Waals surface area contributed by atoms with E-state index in [9.17, 15) is 19.5 Å². The number of hydrogen-bond acceptors (Lipinski definition) is 8. The maximum Gasteiger partial charge on any atom is 0.306 e. The van der Waals surface area contributed by atoms with Crippen molar-refractivity contribution in [3.8, 4) is 0 Å². The van der Waals surface area contributed by atoms with Crippen molar-refractivity contribution < 1.29 is 42.9 Å². The van der Waals surface area contributed by atoms with Crippen LogP contribution < -0.4 is 5.11 Å². The van der Waals surface area contributed by atoms with E-state index in [1.807, 2.05) is 21.1 Å². The van der Waals surface area contributed by atoms with Gasteiger partial charge in [-0.05, 0) is 57.8 Å². The molecule has 382 valence electrons. The van der Waals surface area contributed by atoms with Crippen molar-refractivity contribution in [1.82, 2.24) is 0 Å². The molecule has 0 aliphatic carbocycles. The third-order valence-corrected chi connectivity index (χ3v) is 11.5. The van der Waals surface area contributed by atoms with Crippen molar-refractivity contribution in [2.75, 3.05) is 47.5 Å². The first-order valence-electron chi connectivity index (χ1n) is 26.9. The minimum atomic E-state index is -1.63. The molecular formula is C57H101NO8. The molecule has 9 nitrogen and oxygen atoms in total. The van der Waals surface area contributed by atoms with Gasteiger partial charge in [-0.25, -0.2) is 0 Å². The van der Waals surface area contributed by atoms with Gasteiger partial charge < -0.3 is 33.3 Å². The van der Waals surface area contributed by atoms with E-state index in [4.69, 9.17) is 18.9 Å². The van der Waals surface area contributed by atoms with Crippen molar-refractivity contribution in [1.29, 1.82) is 0 Å². The summed E-state index contributed by atoms with van der Waals surface area (Å²) >= 11 is 0. The predicted octanol–water partition coefficient (Wildman–Crippen LogP) is 14.0. The summed E-state index contributed by atoms with van der Waals surface area (Å²) in [7, 11) is 5.90. The summed E-state index contributed by atoms with van der Waals surface area (Å²) < 4.78 is 22.6. The molecule has 0 heterocycles. The molecule has 0 saturated carbocycles. The van der Waals surface area contributed by atoms with Crippen LogP contribution in [0.1, 0.15) is 226 Å². The average molecular weight is 928 g/mol. The van der Waals surface area contributed by atoms with Crippen LogP contribution in [0, 0.1) is 0 Å². The van der Waals surface area contributed by atoms with E-state index in [1.54, 1.807) is 0 Å². The Balaban J connectivity index is 4.33. The van der Waals surface area contributed by atoms with Crippen LogP contribution in [-0.4, -0.2) is 82.3 Å². The second kappa shape index (κ2) is 48.4. The molecule has 0 aromatic rings. The van der Waals surface area contributed by atoms with Crippen LogP contribution in [0.25, 0.3) is 0 Å². The number of unbranched alkanes of at least 4 members (excludes halogenated alkanes) is 24. The van der Waals surface area contributed by atoms with Gasteiger partial charge >= 0.3 is 11.9 Å². The molecule has 9 heteroatoms. The summed E-state index contributed by atoms with van der Waals surface area (Å²) in [6.45, 7) is 4.61. The van der Waals surface area contributed by atoms with Crippen LogP contribution >= 0.6 is 0 Å². The lowest BCUT2D eigenvalue weighted by atomic mass is 10.0. The number of quaternary nitrogens is 1. The van der Waals surface area contributed by atoms with Gasteiger partial charge in [0.2, 0.25) is 0 Å². The fourth-order valence-electron chi connectivity index (χ4n) is 7.39. The number of allylic oxidation sites excluding steroid dienone is 10. The zero-order chi connectivity index (χ0) is 48.4. The molecule has 0 bridgehead atoms. The minimum Gasteiger partial charge on any atom is -0.545 e. The average Bonchev–Trinajstić information content (AvgIpc) is 3.28. The smallest absolute Gasteiger partial charge is 0.306 e. The van der Waals surface area contributed by atoms with Crippen molar-refractivity contribution in [3.05, 3.63) is 60.8 Å². The number of carbonyl (C=O) groups excluding carboxylic acids is 3. The van der Waals surface area contributed by atoms with E-state index >= 15 is 0 Å². The third-order valence-electron chi connectivity index (χ3n) is 11.5. The lowest BCUT2D eigenvalue weighted by molar-refractivity contribution is -0.870. The first-order valence-corrected chi connectivity index (χ1v) is 26.9. The van der Waals surface area contributed by atoms with E-state index < -0.39 is 24.3 Å². The highest BCUT2D eigenvalue weighted by Crippen LogP contribution is 2.16. The van der Waals surface area contributed by atoms with Crippen molar-refractivity contribution in [3.63, 3.8) is 0 Å². The molecule has 0 N–H and O–H groups in total. The Hall–Kier alpha value is -3.01. The highest BCUT2D eigenvalue weighted by atomic mass is 16.7. The number of nitrogens with zero attached hydrogens (tertiary/aromatic N) is 1. The number of carboxylic acid groups (broad SMARTS) is 1. The summed E-state index contributed by atoms with van der Waals surface area (Å²) in [5, 5.41) is 11.7. The van der Waals surface area contributed by atoms with Crippen LogP contribution in [0.5, 0.6) is 0 Å². The molecule has 0 aliphatic heterocycles. The van der Waals surface area contributed by atoms with Gasteiger partial charge in [0.25, 0.3) is 0 Å². The van der Waals surface area contributed by atoms with Gasteiger partial charge in [-0.15, -0.1) is 0 Å². The van der Waals surface area contributed by atoms with Crippen LogP contribution in [0.3, 0.4) is 0 Å². The normalized spacial score (nSPS) is 13.3. The molecule has 0 aliphatic rings. The molecule has 2 atom stereocenters. The fourth-order valence-corrected chi connectivity index (χ4v) is 7.39. The summed E-state index contributed by atoms with van der Waals surface area (Å²) in [4.78, 5) is 37.2. The van der Waals surface area contributed by atoms with E-state index in [0.717, 1.165) is 70.6 Å². The van der Waals surface area contributed by atoms with Crippen molar-refractivity contribution in [2.24, 2.45) is 0 Å². The number of carboxylic acids is 1. The Morgan fingerprint density at radius 1 is 0.470 bits per heavy atom.